The molecule has 0 fully saturated rings. The van der Waals surface area contributed by atoms with Crippen LogP contribution in [0.25, 0.3) is 5.57 Å². The average Bonchev–Trinajstić information content (AvgIpc) is 2.63. The standard InChI is InChI=1S/C13H12N4/c14-15-9-6-7-11-10-4-2-1-3-5-12(10)16-17-13(11)8-9/h1-8,15,17H,14H2. The van der Waals surface area contributed by atoms with Gasteiger partial charge >= 0.3 is 0 Å². The number of nitrogens with two attached hydrogens (primary N) is 1. The third kappa shape index (κ3) is 1.64. The lowest BCUT2D eigenvalue weighted by Crippen LogP contribution is -2.12. The van der Waals surface area contributed by atoms with Crippen molar-refractivity contribution in [3.8, 4) is 0 Å². The maximum atomic E-state index is 5.39. The van der Waals surface area contributed by atoms with Crippen molar-refractivity contribution in [2.75, 3.05) is 10.9 Å². The number of hydrogen-bond donors (Lipinski definition) is 3. The lowest BCUT2D eigenvalue weighted by Gasteiger charge is -2.19. The summed E-state index contributed by atoms with van der Waals surface area (Å²) in [4.78, 5) is 0. The van der Waals surface area contributed by atoms with Gasteiger partial charge in [-0.2, -0.15) is 5.10 Å². The fraction of sp³-hybridized carbons (Fsp3) is 0. The molecule has 4 nitrogen and oxygen atoms in total. The van der Waals surface area contributed by atoms with Crippen molar-refractivity contribution in [1.82, 2.24) is 0 Å². The SMILES string of the molecule is NNc1ccc2c(c1)NN=C1C=CC=CC=C12. The molecule has 0 spiro atoms. The molecule has 0 aromatic heterocycles. The summed E-state index contributed by atoms with van der Waals surface area (Å²) in [6, 6.07) is 5.92. The molecule has 1 aliphatic carbocycles. The van der Waals surface area contributed by atoms with Crippen molar-refractivity contribution in [2.45, 2.75) is 0 Å². The lowest BCUT2D eigenvalue weighted by atomic mass is 9.97. The number of allylic oxidation sites excluding steroid dienone is 6. The highest BCUT2D eigenvalue weighted by Gasteiger charge is 2.17. The van der Waals surface area contributed by atoms with E-state index in [4.69, 9.17) is 5.84 Å². The highest BCUT2D eigenvalue weighted by atomic mass is 15.3. The maximum Gasteiger partial charge on any atom is 0.0912 e. The molecular weight excluding hydrogens is 212 g/mol. The van der Waals surface area contributed by atoms with Crippen LogP contribution in [-0.4, -0.2) is 5.71 Å². The quantitative estimate of drug-likeness (QED) is 0.506. The van der Waals surface area contributed by atoms with Crippen molar-refractivity contribution >= 4 is 22.7 Å². The third-order valence-electron chi connectivity index (χ3n) is 2.79. The molecule has 4 N–H and O–H groups in total. The van der Waals surface area contributed by atoms with E-state index in [1.54, 1.807) is 0 Å². The van der Waals surface area contributed by atoms with E-state index < -0.39 is 0 Å². The fourth-order valence-corrected chi connectivity index (χ4v) is 1.94. The Morgan fingerprint density at radius 1 is 1.18 bits per heavy atom. The smallest absolute Gasteiger partial charge is 0.0912 e. The first-order chi connectivity index (χ1) is 8.38. The molecule has 0 amide bonds. The number of benzene rings is 1. The lowest BCUT2D eigenvalue weighted by molar-refractivity contribution is 1.29. The Labute approximate surface area is 99.2 Å². The molecule has 84 valence electrons. The highest BCUT2D eigenvalue weighted by Crippen LogP contribution is 2.32. The summed E-state index contributed by atoms with van der Waals surface area (Å²) in [6.45, 7) is 0. The summed E-state index contributed by atoms with van der Waals surface area (Å²) in [5.74, 6) is 5.39. The van der Waals surface area contributed by atoms with Gasteiger partial charge in [-0.3, -0.25) is 11.3 Å². The molecule has 2 aliphatic rings. The maximum absolute atomic E-state index is 5.39. The van der Waals surface area contributed by atoms with Gasteiger partial charge in [-0.05, 0) is 18.2 Å². The second-order valence-corrected chi connectivity index (χ2v) is 3.84. The highest BCUT2D eigenvalue weighted by molar-refractivity contribution is 6.32. The van der Waals surface area contributed by atoms with Crippen molar-refractivity contribution in [2.24, 2.45) is 10.9 Å². The van der Waals surface area contributed by atoms with Gasteiger partial charge in [-0.25, -0.2) is 0 Å². The number of nitrogen functional groups attached to an aromatic ring is 1. The van der Waals surface area contributed by atoms with Gasteiger partial charge < -0.3 is 5.43 Å². The van der Waals surface area contributed by atoms with Gasteiger partial charge in [0.25, 0.3) is 0 Å². The molecule has 1 heterocycles. The first-order valence-corrected chi connectivity index (χ1v) is 5.38. The molecule has 17 heavy (non-hydrogen) atoms. The van der Waals surface area contributed by atoms with Gasteiger partial charge in [0.1, 0.15) is 0 Å². The van der Waals surface area contributed by atoms with E-state index in [-0.39, 0.29) is 0 Å². The van der Waals surface area contributed by atoms with E-state index in [2.05, 4.69) is 22.0 Å². The number of anilines is 2. The first kappa shape index (κ1) is 9.86. The number of hydrazone groups is 1. The van der Waals surface area contributed by atoms with Crippen LogP contribution in [-0.2, 0) is 0 Å². The van der Waals surface area contributed by atoms with Crippen LogP contribution in [0.15, 0.2) is 53.7 Å². The Morgan fingerprint density at radius 2 is 2.12 bits per heavy atom. The van der Waals surface area contributed by atoms with Gasteiger partial charge in [-0.1, -0.05) is 30.4 Å². The van der Waals surface area contributed by atoms with Crippen LogP contribution in [0.4, 0.5) is 11.4 Å². The molecule has 0 unspecified atom stereocenters. The molecule has 0 bridgehead atoms. The molecular formula is C13H12N4. The van der Waals surface area contributed by atoms with Gasteiger partial charge in [0.2, 0.25) is 0 Å². The summed E-state index contributed by atoms with van der Waals surface area (Å²) >= 11 is 0. The number of hydrazine groups is 1. The molecule has 0 saturated heterocycles. The molecule has 4 heteroatoms. The summed E-state index contributed by atoms with van der Waals surface area (Å²) < 4.78 is 0. The van der Waals surface area contributed by atoms with Gasteiger partial charge in [0, 0.05) is 11.1 Å². The number of fused-ring (bicyclic) bond motifs is 3. The Bertz CT molecular complexity index is 579. The van der Waals surface area contributed by atoms with E-state index in [0.717, 1.165) is 28.2 Å². The minimum Gasteiger partial charge on any atom is -0.324 e. The monoisotopic (exact) mass is 224 g/mol. The van der Waals surface area contributed by atoms with Crippen molar-refractivity contribution in [3.05, 3.63) is 54.1 Å². The zero-order valence-corrected chi connectivity index (χ0v) is 9.14. The average molecular weight is 224 g/mol. The first-order valence-electron chi connectivity index (χ1n) is 5.38. The summed E-state index contributed by atoms with van der Waals surface area (Å²) in [5.41, 5.74) is 10.7. The predicted octanol–water partition coefficient (Wildman–Crippen LogP) is 2.26. The van der Waals surface area contributed by atoms with E-state index in [9.17, 15) is 0 Å². The zero-order chi connectivity index (χ0) is 11.7. The predicted molar refractivity (Wildman–Crippen MR) is 71.6 cm³/mol. The molecule has 0 saturated carbocycles. The molecule has 1 aliphatic heterocycles. The topological polar surface area (TPSA) is 62.4 Å². The van der Waals surface area contributed by atoms with Crippen molar-refractivity contribution in [1.29, 1.82) is 0 Å². The molecule has 1 aromatic carbocycles. The van der Waals surface area contributed by atoms with Crippen LogP contribution in [0.2, 0.25) is 0 Å². The number of nitrogens with one attached hydrogen (secondary N) is 2. The van der Waals surface area contributed by atoms with Crippen LogP contribution in [0, 0.1) is 0 Å². The van der Waals surface area contributed by atoms with Crippen LogP contribution < -0.4 is 16.7 Å². The van der Waals surface area contributed by atoms with Crippen LogP contribution in [0.3, 0.4) is 0 Å². The van der Waals surface area contributed by atoms with Crippen molar-refractivity contribution < 1.29 is 0 Å². The normalized spacial score (nSPS) is 16.1. The van der Waals surface area contributed by atoms with Crippen LogP contribution >= 0.6 is 0 Å². The Hall–Kier alpha value is -2.33. The molecule has 1 aromatic rings. The fourth-order valence-electron chi connectivity index (χ4n) is 1.94. The van der Waals surface area contributed by atoms with E-state index >= 15 is 0 Å². The summed E-state index contributed by atoms with van der Waals surface area (Å²) in [7, 11) is 0. The molecule has 0 atom stereocenters. The van der Waals surface area contributed by atoms with E-state index in [0.29, 0.717) is 0 Å². The third-order valence-corrected chi connectivity index (χ3v) is 2.79. The Balaban J connectivity index is 2.14. The summed E-state index contributed by atoms with van der Waals surface area (Å²) in [6.07, 6.45) is 10.0. The molecule has 0 radical (unpaired) electrons. The van der Waals surface area contributed by atoms with Gasteiger partial charge in [-0.15, -0.1) is 0 Å². The largest absolute Gasteiger partial charge is 0.324 e. The van der Waals surface area contributed by atoms with E-state index in [1.165, 1.54) is 0 Å². The zero-order valence-electron chi connectivity index (χ0n) is 9.14. The minimum absolute atomic E-state index is 0.857. The summed E-state index contributed by atoms with van der Waals surface area (Å²) in [5, 5.41) is 4.33. The van der Waals surface area contributed by atoms with E-state index in [1.807, 2.05) is 42.5 Å². The van der Waals surface area contributed by atoms with Gasteiger partial charge in [0.05, 0.1) is 17.1 Å². The minimum atomic E-state index is 0.857. The molecule has 3 rings (SSSR count). The number of nitrogens with zero attached hydrogens (tertiary/aromatic N) is 1. The van der Waals surface area contributed by atoms with Crippen LogP contribution in [0.5, 0.6) is 0 Å². The van der Waals surface area contributed by atoms with Crippen LogP contribution in [0.1, 0.15) is 5.56 Å². The van der Waals surface area contributed by atoms with Gasteiger partial charge in [0.15, 0.2) is 0 Å². The second-order valence-electron chi connectivity index (χ2n) is 3.84. The Morgan fingerprint density at radius 3 is 3.00 bits per heavy atom. The second kappa shape index (κ2) is 3.92. The number of hydrogen-bond acceptors (Lipinski definition) is 4. The van der Waals surface area contributed by atoms with Crippen molar-refractivity contribution in [3.63, 3.8) is 0 Å². The Kier molecular flexibility index (Phi) is 2.27. The number of rotatable bonds is 1.